The molecule has 2 fully saturated rings. The lowest BCUT2D eigenvalue weighted by atomic mass is 10.0. The van der Waals surface area contributed by atoms with Crippen molar-refractivity contribution in [1.82, 2.24) is 9.97 Å². The second-order valence-electron chi connectivity index (χ2n) is 7.36. The van der Waals surface area contributed by atoms with Crippen molar-refractivity contribution in [1.29, 1.82) is 0 Å². The quantitative estimate of drug-likeness (QED) is 0.828. The Labute approximate surface area is 153 Å². The van der Waals surface area contributed by atoms with E-state index in [2.05, 4.69) is 46.0 Å². The largest absolute Gasteiger partial charge is 0.347 e. The number of rotatable bonds is 2. The fourth-order valence-corrected chi connectivity index (χ4v) is 4.37. The Morgan fingerprint density at radius 2 is 1.85 bits per heavy atom. The number of fused-ring (bicyclic) bond motifs is 1. The zero-order chi connectivity index (χ0) is 17.6. The highest BCUT2D eigenvalue weighted by atomic mass is 16.7. The van der Waals surface area contributed by atoms with Crippen LogP contribution in [0, 0.1) is 0 Å². The highest BCUT2D eigenvalue weighted by Gasteiger charge is 2.40. The van der Waals surface area contributed by atoms with Gasteiger partial charge in [-0.3, -0.25) is 0 Å². The molecule has 0 N–H and O–H groups in total. The molecule has 2 saturated heterocycles. The second kappa shape index (κ2) is 6.21. The third kappa shape index (κ3) is 2.64. The maximum absolute atomic E-state index is 5.83. The molecule has 1 atom stereocenters. The maximum Gasteiger partial charge on any atom is 0.227 e. The molecule has 2 aromatic rings. The summed E-state index contributed by atoms with van der Waals surface area (Å²) in [6.07, 6.45) is 4.65. The third-order valence-corrected chi connectivity index (χ3v) is 5.70. The van der Waals surface area contributed by atoms with Crippen LogP contribution in [0.25, 0.3) is 0 Å². The van der Waals surface area contributed by atoms with Crippen LogP contribution >= 0.6 is 0 Å². The molecule has 1 unspecified atom stereocenters. The van der Waals surface area contributed by atoms with E-state index in [1.54, 1.807) is 0 Å². The first-order valence-corrected chi connectivity index (χ1v) is 9.47. The van der Waals surface area contributed by atoms with Crippen LogP contribution in [0.15, 0.2) is 36.5 Å². The van der Waals surface area contributed by atoms with E-state index in [4.69, 9.17) is 14.5 Å². The van der Waals surface area contributed by atoms with Crippen LogP contribution in [0.2, 0.25) is 0 Å². The summed E-state index contributed by atoms with van der Waals surface area (Å²) < 4.78 is 11.7. The predicted molar refractivity (Wildman–Crippen MR) is 99.9 cm³/mol. The van der Waals surface area contributed by atoms with Crippen LogP contribution in [-0.2, 0) is 15.9 Å². The van der Waals surface area contributed by atoms with E-state index in [0.717, 1.165) is 44.1 Å². The average molecular weight is 352 g/mol. The minimum Gasteiger partial charge on any atom is -0.347 e. The van der Waals surface area contributed by atoms with Gasteiger partial charge in [-0.05, 0) is 31.0 Å². The Bertz CT molecular complexity index is 796. The van der Waals surface area contributed by atoms with E-state index in [1.165, 1.54) is 11.3 Å². The van der Waals surface area contributed by atoms with Gasteiger partial charge in [0.05, 0.1) is 13.2 Å². The van der Waals surface area contributed by atoms with Gasteiger partial charge in [0, 0.05) is 43.9 Å². The Morgan fingerprint density at radius 3 is 2.65 bits per heavy atom. The normalized spacial score (nSPS) is 24.3. The van der Waals surface area contributed by atoms with Crippen molar-refractivity contribution in [2.75, 3.05) is 36.1 Å². The molecule has 0 aliphatic carbocycles. The monoisotopic (exact) mass is 352 g/mol. The van der Waals surface area contributed by atoms with Gasteiger partial charge in [-0.1, -0.05) is 18.2 Å². The van der Waals surface area contributed by atoms with E-state index >= 15 is 0 Å². The van der Waals surface area contributed by atoms with Crippen molar-refractivity contribution in [3.8, 4) is 0 Å². The molecule has 3 aliphatic heterocycles. The van der Waals surface area contributed by atoms with Crippen molar-refractivity contribution < 1.29 is 9.47 Å². The third-order valence-electron chi connectivity index (χ3n) is 5.70. The summed E-state index contributed by atoms with van der Waals surface area (Å²) in [4.78, 5) is 14.0. The van der Waals surface area contributed by atoms with Gasteiger partial charge >= 0.3 is 0 Å². The Hall–Kier alpha value is -2.18. The Morgan fingerprint density at radius 1 is 1.08 bits per heavy atom. The summed E-state index contributed by atoms with van der Waals surface area (Å²) in [7, 11) is 0. The summed E-state index contributed by atoms with van der Waals surface area (Å²) in [5, 5.41) is 0. The number of para-hydroxylation sites is 1. The number of hydrogen-bond donors (Lipinski definition) is 0. The fraction of sp³-hybridized carbons (Fsp3) is 0.500. The molecule has 5 rings (SSSR count). The summed E-state index contributed by atoms with van der Waals surface area (Å²) >= 11 is 0. The lowest BCUT2D eigenvalue weighted by Gasteiger charge is -2.37. The zero-order valence-electron chi connectivity index (χ0n) is 15.1. The lowest BCUT2D eigenvalue weighted by Crippen LogP contribution is -2.45. The van der Waals surface area contributed by atoms with E-state index < -0.39 is 0 Å². The van der Waals surface area contributed by atoms with Crippen molar-refractivity contribution in [2.24, 2.45) is 0 Å². The molecule has 0 saturated carbocycles. The molecule has 1 aromatic carbocycles. The minimum atomic E-state index is -0.365. The highest BCUT2D eigenvalue weighted by Crippen LogP contribution is 2.38. The summed E-state index contributed by atoms with van der Waals surface area (Å²) in [6.45, 7) is 5.38. The van der Waals surface area contributed by atoms with Crippen molar-refractivity contribution >= 4 is 17.5 Å². The molecule has 0 amide bonds. The van der Waals surface area contributed by atoms with Crippen molar-refractivity contribution in [2.45, 2.75) is 38.0 Å². The van der Waals surface area contributed by atoms with Gasteiger partial charge in [0.1, 0.15) is 5.82 Å². The molecule has 3 aliphatic rings. The van der Waals surface area contributed by atoms with Gasteiger partial charge in [0.2, 0.25) is 5.95 Å². The number of hydrogen-bond acceptors (Lipinski definition) is 6. The highest BCUT2D eigenvalue weighted by molar-refractivity contribution is 5.69. The topological polar surface area (TPSA) is 50.7 Å². The van der Waals surface area contributed by atoms with Crippen LogP contribution in [0.5, 0.6) is 0 Å². The molecule has 0 bridgehead atoms. The molecule has 26 heavy (non-hydrogen) atoms. The van der Waals surface area contributed by atoms with E-state index in [1.807, 2.05) is 12.3 Å². The van der Waals surface area contributed by atoms with Crippen molar-refractivity contribution in [3.05, 3.63) is 42.1 Å². The summed E-state index contributed by atoms with van der Waals surface area (Å²) in [5.41, 5.74) is 2.64. The summed E-state index contributed by atoms with van der Waals surface area (Å²) in [6, 6.07) is 11.0. The molecular formula is C20H24N4O2. The van der Waals surface area contributed by atoms with Crippen LogP contribution in [0.3, 0.4) is 0 Å². The molecule has 1 aromatic heterocycles. The van der Waals surface area contributed by atoms with Crippen LogP contribution < -0.4 is 9.80 Å². The van der Waals surface area contributed by atoms with E-state index in [0.29, 0.717) is 19.3 Å². The van der Waals surface area contributed by atoms with Gasteiger partial charge in [-0.2, -0.15) is 4.98 Å². The molecule has 6 nitrogen and oxygen atoms in total. The van der Waals surface area contributed by atoms with Gasteiger partial charge in [-0.25, -0.2) is 4.98 Å². The number of anilines is 3. The standard InChI is InChI=1S/C20H24N4O2/c1-15-14-16-4-2-3-5-17(16)24(15)18-6-9-21-19(22-18)23-10-7-20(8-11-23)25-12-13-26-20/h2-6,9,15H,7-8,10-14H2,1H3. The molecule has 136 valence electrons. The number of benzene rings is 1. The first-order chi connectivity index (χ1) is 12.7. The first-order valence-electron chi connectivity index (χ1n) is 9.47. The maximum atomic E-state index is 5.83. The lowest BCUT2D eigenvalue weighted by molar-refractivity contribution is -0.169. The zero-order valence-corrected chi connectivity index (χ0v) is 15.1. The summed E-state index contributed by atoms with van der Waals surface area (Å²) in [5.74, 6) is 1.41. The van der Waals surface area contributed by atoms with E-state index in [9.17, 15) is 0 Å². The van der Waals surface area contributed by atoms with Crippen LogP contribution in [0.4, 0.5) is 17.5 Å². The van der Waals surface area contributed by atoms with Crippen LogP contribution in [0.1, 0.15) is 25.3 Å². The number of aromatic nitrogens is 2. The Balaban J connectivity index is 1.38. The van der Waals surface area contributed by atoms with Gasteiger partial charge in [-0.15, -0.1) is 0 Å². The molecule has 4 heterocycles. The van der Waals surface area contributed by atoms with Crippen molar-refractivity contribution in [3.63, 3.8) is 0 Å². The molecule has 0 radical (unpaired) electrons. The fourth-order valence-electron chi connectivity index (χ4n) is 4.37. The van der Waals surface area contributed by atoms with Gasteiger partial charge in [0.15, 0.2) is 5.79 Å². The predicted octanol–water partition coefficient (Wildman–Crippen LogP) is 2.90. The molecular weight excluding hydrogens is 328 g/mol. The number of ether oxygens (including phenoxy) is 2. The number of piperidine rings is 1. The SMILES string of the molecule is CC1Cc2ccccc2N1c1ccnc(N2CCC3(CC2)OCCO3)n1. The van der Waals surface area contributed by atoms with Gasteiger partial charge in [0.25, 0.3) is 0 Å². The molecule has 1 spiro atoms. The number of nitrogens with zero attached hydrogens (tertiary/aromatic N) is 4. The minimum absolute atomic E-state index is 0.365. The smallest absolute Gasteiger partial charge is 0.227 e. The van der Waals surface area contributed by atoms with Gasteiger partial charge < -0.3 is 19.3 Å². The molecule has 6 heteroatoms. The Kier molecular flexibility index (Phi) is 3.83. The second-order valence-corrected chi connectivity index (χ2v) is 7.36. The van der Waals surface area contributed by atoms with E-state index in [-0.39, 0.29) is 5.79 Å². The first kappa shape index (κ1) is 16.0. The van der Waals surface area contributed by atoms with Crippen LogP contribution in [-0.4, -0.2) is 48.1 Å². The average Bonchev–Trinajstić information content (AvgIpc) is 3.26.